The topological polar surface area (TPSA) is 50.6 Å². The Morgan fingerprint density at radius 3 is 0.672 bits per heavy atom. The Balaban J connectivity index is 1.42. The molecule has 0 aliphatic carbocycles. The highest BCUT2D eigenvalue weighted by molar-refractivity contribution is 5.73. The summed E-state index contributed by atoms with van der Waals surface area (Å²) in [5.41, 5.74) is 24.4. The zero-order valence-electron chi connectivity index (χ0n) is 43.2. The summed E-state index contributed by atoms with van der Waals surface area (Å²) in [5, 5.41) is 0. The SMILES string of the molecule is CC(C)c1cc(C(C)C)c(-c2ccc(CN(Cc3ccc(-c4c(C(C)C)cc(C(C)C)cc4C(C)C)[nH]3)Cc3ccc(-c4c(C(C)C)cc(C(C)C)cc4C(C)C)[nH]3)[nH]2)c(C(C)C)c1. The monoisotopic (exact) mass is 861 g/mol. The zero-order chi connectivity index (χ0) is 46.9. The van der Waals surface area contributed by atoms with Gasteiger partial charge in [0.05, 0.1) is 0 Å². The van der Waals surface area contributed by atoms with Crippen molar-refractivity contribution in [2.75, 3.05) is 0 Å². The number of aromatic nitrogens is 3. The van der Waals surface area contributed by atoms with Crippen molar-refractivity contribution in [3.63, 3.8) is 0 Å². The van der Waals surface area contributed by atoms with Crippen molar-refractivity contribution in [3.8, 4) is 33.8 Å². The Hall–Kier alpha value is -4.54. The van der Waals surface area contributed by atoms with E-state index < -0.39 is 0 Å². The van der Waals surface area contributed by atoms with Crippen LogP contribution in [0.1, 0.15) is 245 Å². The van der Waals surface area contributed by atoms with Crippen LogP contribution < -0.4 is 0 Å². The van der Waals surface area contributed by atoms with Crippen LogP contribution >= 0.6 is 0 Å². The van der Waals surface area contributed by atoms with E-state index in [0.717, 1.165) is 19.6 Å². The summed E-state index contributed by atoms with van der Waals surface area (Å²) in [4.78, 5) is 14.5. The third-order valence-electron chi connectivity index (χ3n) is 13.6. The van der Waals surface area contributed by atoms with Gasteiger partial charge in [0, 0.05) is 70.5 Å². The van der Waals surface area contributed by atoms with Crippen LogP contribution in [0.2, 0.25) is 0 Å². The fourth-order valence-electron chi connectivity index (χ4n) is 9.73. The molecular formula is C60H84N4. The molecule has 4 heteroatoms. The molecule has 0 spiro atoms. The quantitative estimate of drug-likeness (QED) is 0.0792. The second-order valence-electron chi connectivity index (χ2n) is 22.0. The molecule has 3 N–H and O–H groups in total. The molecule has 0 fully saturated rings. The number of H-pyrrole nitrogens is 3. The van der Waals surface area contributed by atoms with Crippen molar-refractivity contribution in [2.24, 2.45) is 0 Å². The van der Waals surface area contributed by atoms with E-state index in [0.29, 0.717) is 53.3 Å². The predicted molar refractivity (Wildman–Crippen MR) is 278 cm³/mol. The molecule has 0 aliphatic rings. The molecule has 0 atom stereocenters. The Morgan fingerprint density at radius 1 is 0.297 bits per heavy atom. The van der Waals surface area contributed by atoms with Crippen LogP contribution in [0.5, 0.6) is 0 Å². The lowest BCUT2D eigenvalue weighted by Crippen LogP contribution is -2.23. The molecule has 6 rings (SSSR count). The van der Waals surface area contributed by atoms with Crippen LogP contribution in [0.25, 0.3) is 33.8 Å². The molecule has 3 heterocycles. The Kier molecular flexibility index (Phi) is 15.5. The van der Waals surface area contributed by atoms with Crippen molar-refractivity contribution in [1.82, 2.24) is 19.9 Å². The zero-order valence-corrected chi connectivity index (χ0v) is 43.2. The molecule has 0 amide bonds. The summed E-state index contributed by atoms with van der Waals surface area (Å²) < 4.78 is 0. The second kappa shape index (κ2) is 20.3. The first-order chi connectivity index (χ1) is 30.1. The lowest BCUT2D eigenvalue weighted by molar-refractivity contribution is 0.240. The van der Waals surface area contributed by atoms with E-state index in [-0.39, 0.29) is 0 Å². The van der Waals surface area contributed by atoms with Gasteiger partial charge in [0.25, 0.3) is 0 Å². The molecule has 0 unspecified atom stereocenters. The van der Waals surface area contributed by atoms with E-state index in [1.54, 1.807) is 0 Å². The summed E-state index contributed by atoms with van der Waals surface area (Å²) in [6.07, 6.45) is 0. The lowest BCUT2D eigenvalue weighted by Gasteiger charge is -2.24. The molecule has 0 bridgehead atoms. The molecule has 0 saturated carbocycles. The highest BCUT2D eigenvalue weighted by Gasteiger charge is 2.24. The number of benzene rings is 3. The Labute approximate surface area is 389 Å². The molecular weight excluding hydrogens is 777 g/mol. The highest BCUT2D eigenvalue weighted by atomic mass is 15.1. The molecule has 64 heavy (non-hydrogen) atoms. The number of aromatic amines is 3. The normalized spacial score (nSPS) is 12.6. The van der Waals surface area contributed by atoms with Gasteiger partial charge in [0.1, 0.15) is 0 Å². The third-order valence-corrected chi connectivity index (χ3v) is 13.6. The summed E-state index contributed by atoms with van der Waals surface area (Å²) in [7, 11) is 0. The van der Waals surface area contributed by atoms with Crippen molar-refractivity contribution < 1.29 is 0 Å². The van der Waals surface area contributed by atoms with Crippen molar-refractivity contribution in [2.45, 2.75) is 198 Å². The van der Waals surface area contributed by atoms with Gasteiger partial charge in [-0.2, -0.15) is 0 Å². The summed E-state index contributed by atoms with van der Waals surface area (Å²) in [5.74, 6) is 3.97. The van der Waals surface area contributed by atoms with E-state index in [1.807, 2.05) is 0 Å². The number of hydrogen-bond donors (Lipinski definition) is 3. The van der Waals surface area contributed by atoms with Gasteiger partial charge < -0.3 is 15.0 Å². The average molecular weight is 861 g/mol. The predicted octanol–water partition coefficient (Wildman–Crippen LogP) is 18.0. The van der Waals surface area contributed by atoms with Crippen LogP contribution in [0.3, 0.4) is 0 Å². The van der Waals surface area contributed by atoms with Gasteiger partial charge in [-0.3, -0.25) is 4.90 Å². The Morgan fingerprint density at radius 2 is 0.500 bits per heavy atom. The first kappa shape index (κ1) is 48.9. The maximum Gasteiger partial charge on any atom is 0.0462 e. The molecule has 0 aliphatic heterocycles. The van der Waals surface area contributed by atoms with Gasteiger partial charge in [-0.1, -0.05) is 161 Å². The van der Waals surface area contributed by atoms with E-state index in [4.69, 9.17) is 0 Å². The van der Waals surface area contributed by atoms with Gasteiger partial charge in [-0.25, -0.2) is 0 Å². The fraction of sp³-hybridized carbons (Fsp3) is 0.500. The van der Waals surface area contributed by atoms with Crippen LogP contribution in [-0.4, -0.2) is 19.9 Å². The first-order valence-electron chi connectivity index (χ1n) is 24.9. The van der Waals surface area contributed by atoms with E-state index in [2.05, 4.69) is 217 Å². The summed E-state index contributed by atoms with van der Waals surface area (Å²) in [6.45, 7) is 44.3. The minimum Gasteiger partial charge on any atom is -0.357 e. The van der Waals surface area contributed by atoms with Crippen LogP contribution in [0, 0.1) is 0 Å². The molecule has 3 aromatic heterocycles. The molecule has 4 nitrogen and oxygen atoms in total. The van der Waals surface area contributed by atoms with Crippen LogP contribution in [-0.2, 0) is 19.6 Å². The minimum absolute atomic E-state index is 0.418. The molecule has 3 aromatic carbocycles. The van der Waals surface area contributed by atoms with Crippen molar-refractivity contribution in [3.05, 3.63) is 140 Å². The average Bonchev–Trinajstić information content (AvgIpc) is 4.01. The van der Waals surface area contributed by atoms with Gasteiger partial charge in [0.15, 0.2) is 0 Å². The lowest BCUT2D eigenvalue weighted by atomic mass is 9.83. The van der Waals surface area contributed by atoms with Crippen LogP contribution in [0.15, 0.2) is 72.8 Å². The van der Waals surface area contributed by atoms with E-state index >= 15 is 0 Å². The fourth-order valence-corrected chi connectivity index (χ4v) is 9.73. The summed E-state index contributed by atoms with van der Waals surface area (Å²) >= 11 is 0. The number of hydrogen-bond acceptors (Lipinski definition) is 1. The standard InChI is InChI=1S/C60H84N4/c1-34(2)43-25-49(37(7)8)58(50(26-43)38(9)10)55-22-19-46(61-55)31-64(32-47-20-23-56(62-47)59-51(39(11)12)27-44(35(3)4)28-52(59)40(13)14)33-48-21-24-57(63-48)60-53(41(15)16)29-45(36(5)6)30-54(60)42(17)18/h19-30,34-42,61-63H,31-33H2,1-18H3. The number of rotatable bonds is 18. The van der Waals surface area contributed by atoms with Crippen LogP contribution in [0.4, 0.5) is 0 Å². The first-order valence-corrected chi connectivity index (χ1v) is 24.9. The summed E-state index contributed by atoms with van der Waals surface area (Å²) in [6, 6.07) is 28.8. The van der Waals surface area contributed by atoms with E-state index in [9.17, 15) is 0 Å². The molecule has 344 valence electrons. The van der Waals surface area contributed by atoms with Gasteiger partial charge in [-0.15, -0.1) is 0 Å². The van der Waals surface area contributed by atoms with Gasteiger partial charge in [0.2, 0.25) is 0 Å². The third kappa shape index (κ3) is 10.8. The Bertz CT molecular complexity index is 2120. The van der Waals surface area contributed by atoms with Crippen molar-refractivity contribution in [1.29, 1.82) is 0 Å². The largest absolute Gasteiger partial charge is 0.357 e. The van der Waals surface area contributed by atoms with Gasteiger partial charge >= 0.3 is 0 Å². The molecule has 0 saturated heterocycles. The van der Waals surface area contributed by atoms with Gasteiger partial charge in [-0.05, 0) is 140 Å². The molecule has 6 aromatic rings. The van der Waals surface area contributed by atoms with Crippen molar-refractivity contribution >= 4 is 0 Å². The molecule has 0 radical (unpaired) electrons. The number of nitrogens with one attached hydrogen (secondary N) is 3. The van der Waals surface area contributed by atoms with E-state index in [1.165, 1.54) is 101 Å². The smallest absolute Gasteiger partial charge is 0.0462 e. The second-order valence-corrected chi connectivity index (χ2v) is 22.0. The number of nitrogens with zero attached hydrogens (tertiary/aromatic N) is 1. The maximum absolute atomic E-state index is 3.98. The minimum atomic E-state index is 0.418. The maximum atomic E-state index is 3.98. The highest BCUT2D eigenvalue weighted by Crippen LogP contribution is 2.42.